The van der Waals surface area contributed by atoms with Crippen LogP contribution in [-0.4, -0.2) is 36.0 Å². The van der Waals surface area contributed by atoms with Gasteiger partial charge < -0.3 is 10.2 Å². The van der Waals surface area contributed by atoms with Gasteiger partial charge in [-0.25, -0.2) is 0 Å². The Morgan fingerprint density at radius 1 is 1.32 bits per heavy atom. The van der Waals surface area contributed by atoms with Gasteiger partial charge in [-0.1, -0.05) is 0 Å². The average Bonchev–Trinajstić information content (AvgIpc) is 2.91. The highest BCUT2D eigenvalue weighted by Crippen LogP contribution is 2.23. The molecule has 5 heteroatoms. The predicted octanol–water partition coefficient (Wildman–Crippen LogP) is 3.46. The van der Waals surface area contributed by atoms with Gasteiger partial charge in [0.25, 0.3) is 0 Å². The largest absolute Gasteiger partial charge is 0.341 e. The topological polar surface area (TPSA) is 32.3 Å². The molecule has 2 aliphatic heterocycles. The molecule has 2 bridgehead atoms. The quantitative estimate of drug-likeness (QED) is 0.908. The molecule has 1 amide bonds. The molecule has 0 spiro atoms. The number of rotatable bonds is 4. The third-order valence-corrected chi connectivity index (χ3v) is 5.86. The van der Waals surface area contributed by atoms with Crippen LogP contribution in [0.1, 0.15) is 47.4 Å². The zero-order valence-electron chi connectivity index (χ0n) is 13.6. The van der Waals surface area contributed by atoms with Crippen molar-refractivity contribution in [2.24, 2.45) is 0 Å². The standard InChI is InChI=1S/C17H26N2OS.ClH/c1-12-10-14(13(2)21-12)4-3-5-17(20)19-9-8-15-6-7-16(11-19)18-15;/h10,15-16,18H,3-9,11H2,1-2H3;1H. The van der Waals surface area contributed by atoms with Crippen molar-refractivity contribution in [3.05, 3.63) is 21.4 Å². The number of hydrogen-bond donors (Lipinski definition) is 1. The number of amides is 1. The highest BCUT2D eigenvalue weighted by Gasteiger charge is 2.30. The van der Waals surface area contributed by atoms with Gasteiger partial charge in [0.15, 0.2) is 0 Å². The summed E-state index contributed by atoms with van der Waals surface area (Å²) in [6, 6.07) is 3.48. The highest BCUT2D eigenvalue weighted by atomic mass is 35.5. The fourth-order valence-corrected chi connectivity index (χ4v) is 4.67. The Hall–Kier alpha value is -0.580. The van der Waals surface area contributed by atoms with Gasteiger partial charge in [0, 0.05) is 41.3 Å². The van der Waals surface area contributed by atoms with Gasteiger partial charge in [-0.3, -0.25) is 4.79 Å². The van der Waals surface area contributed by atoms with Crippen LogP contribution in [0.5, 0.6) is 0 Å². The van der Waals surface area contributed by atoms with E-state index in [0.29, 0.717) is 24.4 Å². The Morgan fingerprint density at radius 3 is 2.82 bits per heavy atom. The minimum absolute atomic E-state index is 0. The molecule has 3 rings (SSSR count). The summed E-state index contributed by atoms with van der Waals surface area (Å²) in [7, 11) is 0. The minimum atomic E-state index is 0. The lowest BCUT2D eigenvalue weighted by Crippen LogP contribution is -2.38. The number of fused-ring (bicyclic) bond motifs is 2. The minimum Gasteiger partial charge on any atom is -0.341 e. The van der Waals surface area contributed by atoms with Crippen molar-refractivity contribution in [3.8, 4) is 0 Å². The van der Waals surface area contributed by atoms with Gasteiger partial charge in [0.1, 0.15) is 0 Å². The van der Waals surface area contributed by atoms with E-state index in [1.165, 1.54) is 28.2 Å². The first-order valence-electron chi connectivity index (χ1n) is 8.21. The van der Waals surface area contributed by atoms with Crippen molar-refractivity contribution in [3.63, 3.8) is 0 Å². The van der Waals surface area contributed by atoms with Crippen LogP contribution < -0.4 is 5.32 Å². The molecule has 3 heterocycles. The van der Waals surface area contributed by atoms with E-state index in [-0.39, 0.29) is 12.4 Å². The Kier molecular flexibility index (Phi) is 6.30. The normalized spacial score (nSPS) is 24.0. The van der Waals surface area contributed by atoms with Crippen molar-refractivity contribution >= 4 is 29.7 Å². The summed E-state index contributed by atoms with van der Waals surface area (Å²) < 4.78 is 0. The number of aryl methyl sites for hydroxylation is 3. The van der Waals surface area contributed by atoms with Crippen LogP contribution in [0.4, 0.5) is 0 Å². The summed E-state index contributed by atoms with van der Waals surface area (Å²) in [5.74, 6) is 0.356. The first-order valence-corrected chi connectivity index (χ1v) is 9.03. The monoisotopic (exact) mass is 342 g/mol. The summed E-state index contributed by atoms with van der Waals surface area (Å²) in [4.78, 5) is 17.3. The predicted molar refractivity (Wildman–Crippen MR) is 95.1 cm³/mol. The van der Waals surface area contributed by atoms with Crippen molar-refractivity contribution in [2.75, 3.05) is 13.1 Å². The number of carbonyl (C=O) groups is 1. The van der Waals surface area contributed by atoms with Gasteiger partial charge in [-0.2, -0.15) is 0 Å². The third-order valence-electron chi connectivity index (χ3n) is 4.86. The molecule has 2 atom stereocenters. The lowest BCUT2D eigenvalue weighted by atomic mass is 10.1. The van der Waals surface area contributed by atoms with E-state index in [1.54, 1.807) is 0 Å². The molecule has 2 aliphatic rings. The van der Waals surface area contributed by atoms with Gasteiger partial charge in [-0.15, -0.1) is 23.7 Å². The molecule has 0 radical (unpaired) electrons. The second kappa shape index (κ2) is 7.80. The third kappa shape index (κ3) is 4.24. The molecule has 0 aromatic carbocycles. The van der Waals surface area contributed by atoms with E-state index in [4.69, 9.17) is 0 Å². The maximum absolute atomic E-state index is 12.4. The fourth-order valence-electron chi connectivity index (χ4n) is 3.69. The lowest BCUT2D eigenvalue weighted by molar-refractivity contribution is -0.131. The van der Waals surface area contributed by atoms with E-state index in [1.807, 2.05) is 11.3 Å². The molecule has 22 heavy (non-hydrogen) atoms. The van der Waals surface area contributed by atoms with E-state index in [9.17, 15) is 4.79 Å². The van der Waals surface area contributed by atoms with Crippen LogP contribution in [0, 0.1) is 13.8 Å². The van der Waals surface area contributed by atoms with E-state index in [2.05, 4.69) is 30.1 Å². The molecule has 0 aliphatic carbocycles. The lowest BCUT2D eigenvalue weighted by Gasteiger charge is -2.24. The Bertz CT molecular complexity index is 517. The molecule has 1 aromatic heterocycles. The number of hydrogen-bond acceptors (Lipinski definition) is 3. The van der Waals surface area contributed by atoms with Gasteiger partial charge in [0.05, 0.1) is 0 Å². The molecule has 2 fully saturated rings. The molecule has 124 valence electrons. The Labute approximate surface area is 143 Å². The Balaban J connectivity index is 0.00000176. The number of thiophene rings is 1. The van der Waals surface area contributed by atoms with Crippen LogP contribution in [0.15, 0.2) is 6.07 Å². The first kappa shape index (κ1) is 17.8. The molecule has 2 saturated heterocycles. The average molecular weight is 343 g/mol. The van der Waals surface area contributed by atoms with Crippen LogP contribution in [-0.2, 0) is 11.2 Å². The van der Waals surface area contributed by atoms with Gasteiger partial charge >= 0.3 is 0 Å². The maximum Gasteiger partial charge on any atom is 0.222 e. The molecule has 1 aromatic rings. The summed E-state index contributed by atoms with van der Waals surface area (Å²) in [6.45, 7) is 6.22. The zero-order chi connectivity index (χ0) is 14.8. The van der Waals surface area contributed by atoms with Crippen LogP contribution in [0.25, 0.3) is 0 Å². The van der Waals surface area contributed by atoms with Crippen LogP contribution in [0.3, 0.4) is 0 Å². The fraction of sp³-hybridized carbons (Fsp3) is 0.706. The smallest absolute Gasteiger partial charge is 0.222 e. The van der Waals surface area contributed by atoms with Crippen molar-refractivity contribution < 1.29 is 4.79 Å². The zero-order valence-corrected chi connectivity index (χ0v) is 15.2. The molecule has 1 N–H and O–H groups in total. The number of nitrogens with one attached hydrogen (secondary N) is 1. The second-order valence-corrected chi connectivity index (χ2v) is 8.02. The number of halogens is 1. The summed E-state index contributed by atoms with van der Waals surface area (Å²) in [5, 5.41) is 3.64. The van der Waals surface area contributed by atoms with E-state index < -0.39 is 0 Å². The SMILES string of the molecule is Cc1cc(CCCC(=O)N2CCC3CCC(C2)N3)c(C)s1.Cl. The second-order valence-electron chi connectivity index (χ2n) is 6.56. The maximum atomic E-state index is 12.4. The van der Waals surface area contributed by atoms with Crippen molar-refractivity contribution in [1.82, 2.24) is 10.2 Å². The molecular weight excluding hydrogens is 316 g/mol. The van der Waals surface area contributed by atoms with Gasteiger partial charge in [-0.05, 0) is 57.6 Å². The summed E-state index contributed by atoms with van der Waals surface area (Å²) >= 11 is 1.86. The number of likely N-dealkylation sites (tertiary alicyclic amines) is 1. The summed E-state index contributed by atoms with van der Waals surface area (Å²) in [6.07, 6.45) is 6.38. The molecular formula is C17H27ClN2OS. The van der Waals surface area contributed by atoms with Crippen LogP contribution in [0.2, 0.25) is 0 Å². The van der Waals surface area contributed by atoms with E-state index in [0.717, 1.165) is 32.4 Å². The van der Waals surface area contributed by atoms with Crippen molar-refractivity contribution in [2.45, 2.75) is 64.5 Å². The van der Waals surface area contributed by atoms with E-state index >= 15 is 0 Å². The highest BCUT2D eigenvalue weighted by molar-refractivity contribution is 7.12. The van der Waals surface area contributed by atoms with Crippen molar-refractivity contribution in [1.29, 1.82) is 0 Å². The molecule has 3 nitrogen and oxygen atoms in total. The van der Waals surface area contributed by atoms with Crippen LogP contribution >= 0.6 is 23.7 Å². The number of nitrogens with zero attached hydrogens (tertiary/aromatic N) is 1. The number of carbonyl (C=O) groups excluding carboxylic acids is 1. The molecule has 0 saturated carbocycles. The van der Waals surface area contributed by atoms with Gasteiger partial charge in [0.2, 0.25) is 5.91 Å². The summed E-state index contributed by atoms with van der Waals surface area (Å²) in [5.41, 5.74) is 1.43. The Morgan fingerprint density at radius 2 is 2.09 bits per heavy atom. The molecule has 2 unspecified atom stereocenters. The first-order chi connectivity index (χ1) is 10.1.